The highest BCUT2D eigenvalue weighted by molar-refractivity contribution is 5.82. The lowest BCUT2D eigenvalue weighted by Gasteiger charge is -2.37. The predicted octanol–water partition coefficient (Wildman–Crippen LogP) is 2.04. The summed E-state index contributed by atoms with van der Waals surface area (Å²) in [5.74, 6) is -0.492. The van der Waals surface area contributed by atoms with E-state index in [9.17, 15) is 9.59 Å². The van der Waals surface area contributed by atoms with Crippen molar-refractivity contribution in [2.45, 2.75) is 38.5 Å². The number of carbonyl (C=O) groups excluding carboxylic acids is 2. The lowest BCUT2D eigenvalue weighted by molar-refractivity contribution is -0.148. The Hall–Kier alpha value is -2.12. The molecule has 0 radical (unpaired) electrons. The fraction of sp³-hybridized carbons (Fsp3) is 0.600. The van der Waals surface area contributed by atoms with Crippen LogP contribution in [0.3, 0.4) is 0 Å². The second-order valence-corrected chi connectivity index (χ2v) is 8.02. The summed E-state index contributed by atoms with van der Waals surface area (Å²) in [5.41, 5.74) is 0.00688. The number of piperazine rings is 1. The third kappa shape index (κ3) is 6.84. The molecule has 0 spiro atoms. The van der Waals surface area contributed by atoms with E-state index in [-0.39, 0.29) is 12.6 Å². The summed E-state index contributed by atoms with van der Waals surface area (Å²) in [6.45, 7) is 8.36. The van der Waals surface area contributed by atoms with Crippen molar-refractivity contribution >= 4 is 12.1 Å². The quantitative estimate of drug-likeness (QED) is 0.792. The zero-order valence-electron chi connectivity index (χ0n) is 16.9. The van der Waals surface area contributed by atoms with E-state index in [1.165, 1.54) is 0 Å². The molecule has 1 N–H and O–H groups in total. The van der Waals surface area contributed by atoms with Gasteiger partial charge in [-0.05, 0) is 40.4 Å². The second-order valence-electron chi connectivity index (χ2n) is 8.02. The van der Waals surface area contributed by atoms with Gasteiger partial charge < -0.3 is 19.7 Å². The Kier molecular flexibility index (Phi) is 7.21. The molecule has 2 atom stereocenters. The number of esters is 1. The molecule has 1 aliphatic heterocycles. The van der Waals surface area contributed by atoms with Gasteiger partial charge in [-0.15, -0.1) is 0 Å². The number of hydrogen-bond donors (Lipinski definition) is 1. The molecule has 2 rings (SSSR count). The Labute approximate surface area is 161 Å². The fourth-order valence-corrected chi connectivity index (χ4v) is 2.89. The first kappa shape index (κ1) is 21.2. The van der Waals surface area contributed by atoms with Crippen molar-refractivity contribution < 1.29 is 19.1 Å². The van der Waals surface area contributed by atoms with Crippen LogP contribution < -0.4 is 5.32 Å². The van der Waals surface area contributed by atoms with Gasteiger partial charge in [-0.3, -0.25) is 4.90 Å². The molecule has 0 saturated carbocycles. The highest BCUT2D eigenvalue weighted by atomic mass is 16.6. The monoisotopic (exact) mass is 377 g/mol. The summed E-state index contributed by atoms with van der Waals surface area (Å²) < 4.78 is 10.9. The van der Waals surface area contributed by atoms with E-state index in [1.54, 1.807) is 32.9 Å². The molecule has 1 aromatic carbocycles. The molecule has 1 saturated heterocycles. The average Bonchev–Trinajstić information content (AvgIpc) is 2.59. The van der Waals surface area contributed by atoms with E-state index in [2.05, 4.69) is 22.2 Å². The van der Waals surface area contributed by atoms with Gasteiger partial charge >= 0.3 is 12.1 Å². The maximum atomic E-state index is 12.8. The largest absolute Gasteiger partial charge is 0.462 e. The lowest BCUT2D eigenvalue weighted by atomic mass is 10.1. The van der Waals surface area contributed by atoms with Crippen LogP contribution in [-0.2, 0) is 14.3 Å². The average molecular weight is 377 g/mol. The van der Waals surface area contributed by atoms with E-state index >= 15 is 0 Å². The lowest BCUT2D eigenvalue weighted by Crippen LogP contribution is -2.52. The van der Waals surface area contributed by atoms with Gasteiger partial charge in [-0.1, -0.05) is 30.3 Å². The van der Waals surface area contributed by atoms with Crippen LogP contribution in [-0.4, -0.2) is 73.8 Å². The normalized spacial score (nSPS) is 20.0. The van der Waals surface area contributed by atoms with E-state index < -0.39 is 23.7 Å². The predicted molar refractivity (Wildman–Crippen MR) is 103 cm³/mol. The zero-order chi connectivity index (χ0) is 20.0. The van der Waals surface area contributed by atoms with Gasteiger partial charge in [0.15, 0.2) is 6.04 Å². The van der Waals surface area contributed by atoms with Crippen LogP contribution in [0.1, 0.15) is 32.4 Å². The molecule has 1 aliphatic rings. The van der Waals surface area contributed by atoms with Crippen molar-refractivity contribution in [2.24, 2.45) is 0 Å². The number of nitrogens with zero attached hydrogens (tertiary/aromatic N) is 2. The smallest absolute Gasteiger partial charge is 0.408 e. The van der Waals surface area contributed by atoms with Crippen LogP contribution in [0.15, 0.2) is 30.3 Å². The van der Waals surface area contributed by atoms with Gasteiger partial charge in [0.05, 0.1) is 6.04 Å². The molecule has 27 heavy (non-hydrogen) atoms. The summed E-state index contributed by atoms with van der Waals surface area (Å²) in [6, 6.07) is 8.27. The molecule has 1 heterocycles. The standard InChI is InChI=1S/C20H31N3O4/c1-20(2,3)27-19(25)21-17(15-9-7-6-8-10-15)18(24)26-14-16-13-22(4)11-12-23(16)5/h6-10,16-17H,11-14H2,1-5H3,(H,21,25)/t16-,17?/m1/s1. The number of ether oxygens (including phenoxy) is 2. The molecular formula is C20H31N3O4. The molecule has 150 valence electrons. The number of carbonyl (C=O) groups is 2. The minimum Gasteiger partial charge on any atom is -0.462 e. The number of benzene rings is 1. The van der Waals surface area contributed by atoms with Crippen LogP contribution in [0.25, 0.3) is 0 Å². The van der Waals surface area contributed by atoms with Crippen molar-refractivity contribution in [3.05, 3.63) is 35.9 Å². The highest BCUT2D eigenvalue weighted by Crippen LogP contribution is 2.17. The summed E-state index contributed by atoms with van der Waals surface area (Å²) in [4.78, 5) is 29.3. The topological polar surface area (TPSA) is 71.1 Å². The van der Waals surface area contributed by atoms with Crippen molar-refractivity contribution in [1.82, 2.24) is 15.1 Å². The third-order valence-electron chi connectivity index (χ3n) is 4.43. The molecule has 0 aromatic heterocycles. The first-order valence-corrected chi connectivity index (χ1v) is 9.25. The number of likely N-dealkylation sites (N-methyl/N-ethyl adjacent to an activating group) is 2. The summed E-state index contributed by atoms with van der Waals surface area (Å²) >= 11 is 0. The zero-order valence-corrected chi connectivity index (χ0v) is 16.9. The number of alkyl carbamates (subject to hydrolysis) is 1. The molecule has 1 unspecified atom stereocenters. The Morgan fingerprint density at radius 1 is 1.19 bits per heavy atom. The Morgan fingerprint density at radius 2 is 1.85 bits per heavy atom. The Morgan fingerprint density at radius 3 is 2.48 bits per heavy atom. The van der Waals surface area contributed by atoms with E-state index in [0.29, 0.717) is 5.56 Å². The minimum absolute atomic E-state index is 0.130. The summed E-state index contributed by atoms with van der Waals surface area (Å²) in [6.07, 6.45) is -0.650. The van der Waals surface area contributed by atoms with E-state index in [4.69, 9.17) is 9.47 Å². The molecule has 1 fully saturated rings. The maximum absolute atomic E-state index is 12.8. The van der Waals surface area contributed by atoms with Gasteiger partial charge in [-0.25, -0.2) is 9.59 Å². The minimum atomic E-state index is -0.910. The first-order chi connectivity index (χ1) is 12.7. The maximum Gasteiger partial charge on any atom is 0.408 e. The summed E-state index contributed by atoms with van der Waals surface area (Å²) in [5, 5.41) is 2.64. The first-order valence-electron chi connectivity index (χ1n) is 9.25. The van der Waals surface area contributed by atoms with Crippen molar-refractivity contribution in [3.63, 3.8) is 0 Å². The van der Waals surface area contributed by atoms with Crippen molar-refractivity contribution in [2.75, 3.05) is 40.3 Å². The Balaban J connectivity index is 2.04. The number of rotatable bonds is 5. The SMILES string of the molecule is CN1CCN(C)[C@@H](COC(=O)C(NC(=O)OC(C)(C)C)c2ccccc2)C1. The third-order valence-corrected chi connectivity index (χ3v) is 4.43. The van der Waals surface area contributed by atoms with Crippen molar-refractivity contribution in [3.8, 4) is 0 Å². The van der Waals surface area contributed by atoms with Gasteiger partial charge in [0.2, 0.25) is 0 Å². The van der Waals surface area contributed by atoms with Crippen LogP contribution in [0.2, 0.25) is 0 Å². The molecule has 7 nitrogen and oxygen atoms in total. The number of amides is 1. The van der Waals surface area contributed by atoms with E-state index in [0.717, 1.165) is 19.6 Å². The van der Waals surface area contributed by atoms with Crippen LogP contribution in [0, 0.1) is 0 Å². The van der Waals surface area contributed by atoms with Gasteiger partial charge in [0.1, 0.15) is 12.2 Å². The fourth-order valence-electron chi connectivity index (χ4n) is 2.89. The van der Waals surface area contributed by atoms with Gasteiger partial charge in [0.25, 0.3) is 0 Å². The summed E-state index contributed by atoms with van der Waals surface area (Å²) in [7, 11) is 4.08. The number of hydrogen-bond acceptors (Lipinski definition) is 6. The van der Waals surface area contributed by atoms with Crippen LogP contribution in [0.5, 0.6) is 0 Å². The Bertz CT molecular complexity index is 630. The molecule has 0 aliphatic carbocycles. The van der Waals surface area contributed by atoms with Gasteiger partial charge in [-0.2, -0.15) is 0 Å². The molecule has 1 amide bonds. The highest BCUT2D eigenvalue weighted by Gasteiger charge is 2.29. The second kappa shape index (κ2) is 9.19. The molecule has 7 heteroatoms. The molecule has 1 aromatic rings. The molecule has 0 bridgehead atoms. The van der Waals surface area contributed by atoms with E-state index in [1.807, 2.05) is 25.2 Å². The number of nitrogens with one attached hydrogen (secondary N) is 1. The van der Waals surface area contributed by atoms with Crippen LogP contribution in [0.4, 0.5) is 4.79 Å². The molecular weight excluding hydrogens is 346 g/mol. The van der Waals surface area contributed by atoms with Gasteiger partial charge in [0, 0.05) is 19.6 Å². The van der Waals surface area contributed by atoms with Crippen LogP contribution >= 0.6 is 0 Å². The van der Waals surface area contributed by atoms with Crippen molar-refractivity contribution in [1.29, 1.82) is 0 Å².